The first-order chi connectivity index (χ1) is 22.7. The summed E-state index contributed by atoms with van der Waals surface area (Å²) in [6, 6.07) is 0. The van der Waals surface area contributed by atoms with Crippen molar-refractivity contribution in [3.63, 3.8) is 0 Å². The van der Waals surface area contributed by atoms with Crippen molar-refractivity contribution in [1.82, 2.24) is 0 Å². The lowest BCUT2D eigenvalue weighted by Gasteiger charge is -2.47. The van der Waals surface area contributed by atoms with Crippen LogP contribution in [-0.2, 0) is 4.74 Å². The molecule has 4 rings (SSSR count). The monoisotopic (exact) mass is 663 g/mol. The molecule has 0 aromatic rings. The molecule has 0 unspecified atom stereocenters. The SMILES string of the molecule is CCCCCCCCC1([C@@]2(F)C=C[C@@H](COC[C@@H]3C=C[C@](F)(C4(CCCCCCCC)CCCCC4)C(F)=C3)C=C2F)CCCCC1. The molecule has 2 fully saturated rings. The quantitative estimate of drug-likeness (QED) is 0.0716. The zero-order chi connectivity index (χ0) is 33.6. The van der Waals surface area contributed by atoms with E-state index >= 15 is 17.6 Å². The summed E-state index contributed by atoms with van der Waals surface area (Å²) in [5.74, 6) is -2.10. The Bertz CT molecular complexity index is 967. The van der Waals surface area contributed by atoms with Crippen LogP contribution in [0.25, 0.3) is 0 Å². The first-order valence-corrected chi connectivity index (χ1v) is 19.8. The van der Waals surface area contributed by atoms with Gasteiger partial charge in [0.2, 0.25) is 0 Å². The second-order valence-corrected chi connectivity index (χ2v) is 15.8. The second kappa shape index (κ2) is 18.6. The van der Waals surface area contributed by atoms with Crippen LogP contribution in [0.5, 0.6) is 0 Å². The lowest BCUT2D eigenvalue weighted by molar-refractivity contribution is -0.00337. The normalized spacial score (nSPS) is 30.3. The van der Waals surface area contributed by atoms with Crippen molar-refractivity contribution in [1.29, 1.82) is 0 Å². The first kappa shape index (κ1) is 38.4. The lowest BCUT2D eigenvalue weighted by Crippen LogP contribution is -2.47. The molecular weight excluding hydrogens is 596 g/mol. The molecule has 268 valence electrons. The Morgan fingerprint density at radius 1 is 0.553 bits per heavy atom. The summed E-state index contributed by atoms with van der Waals surface area (Å²) in [5.41, 5.74) is -5.45. The highest BCUT2D eigenvalue weighted by Crippen LogP contribution is 2.57. The Morgan fingerprint density at radius 3 is 1.28 bits per heavy atom. The van der Waals surface area contributed by atoms with Crippen molar-refractivity contribution >= 4 is 0 Å². The zero-order valence-corrected chi connectivity index (χ0v) is 29.9. The molecule has 5 heteroatoms. The van der Waals surface area contributed by atoms with Gasteiger partial charge in [-0.15, -0.1) is 0 Å². The van der Waals surface area contributed by atoms with Gasteiger partial charge in [-0.3, -0.25) is 0 Å². The third kappa shape index (κ3) is 9.46. The van der Waals surface area contributed by atoms with E-state index in [2.05, 4.69) is 13.8 Å². The van der Waals surface area contributed by atoms with Crippen LogP contribution in [0.1, 0.15) is 168 Å². The summed E-state index contributed by atoms with van der Waals surface area (Å²) in [6.45, 7) is 4.78. The zero-order valence-electron chi connectivity index (χ0n) is 29.9. The Morgan fingerprint density at radius 2 is 0.915 bits per heavy atom. The maximum atomic E-state index is 16.7. The standard InChI is InChI=1S/C42H66F4O/c1-3-5-7-9-11-15-23-39(25-17-13-18-26-39)41(45)29-21-35(31-37(41)43)33-47-34-36-22-30-42(46,38(44)32-36)40(27-19-14-20-28-40)24-16-12-10-8-6-4-2/h21-22,29-32,35-36H,3-20,23-28,33-34H2,1-2H3/t35-,36-,41-,42-/m1/s1. The summed E-state index contributed by atoms with van der Waals surface area (Å²) in [7, 11) is 0. The van der Waals surface area contributed by atoms with Crippen LogP contribution >= 0.6 is 0 Å². The Labute approximate surface area is 285 Å². The molecule has 0 aliphatic heterocycles. The lowest BCUT2D eigenvalue weighted by atomic mass is 9.60. The van der Waals surface area contributed by atoms with E-state index in [0.29, 0.717) is 0 Å². The highest BCUT2D eigenvalue weighted by Gasteiger charge is 2.55. The average molecular weight is 663 g/mol. The summed E-state index contributed by atoms with van der Waals surface area (Å²) in [4.78, 5) is 0. The third-order valence-corrected chi connectivity index (χ3v) is 12.4. The predicted octanol–water partition coefficient (Wildman–Crippen LogP) is 13.9. The molecule has 4 aliphatic carbocycles. The molecule has 0 amide bonds. The number of hydrogen-bond donors (Lipinski definition) is 0. The molecule has 0 aromatic carbocycles. The van der Waals surface area contributed by atoms with E-state index < -0.39 is 33.8 Å². The molecule has 0 aromatic heterocycles. The van der Waals surface area contributed by atoms with Gasteiger partial charge in [0.25, 0.3) is 0 Å². The van der Waals surface area contributed by atoms with E-state index in [9.17, 15) is 0 Å². The van der Waals surface area contributed by atoms with E-state index in [-0.39, 0.29) is 25.0 Å². The molecule has 2 saturated carbocycles. The molecule has 1 nitrogen and oxygen atoms in total. The molecule has 4 atom stereocenters. The van der Waals surface area contributed by atoms with Gasteiger partial charge in [0.15, 0.2) is 11.3 Å². The van der Waals surface area contributed by atoms with Gasteiger partial charge in [-0.2, -0.15) is 0 Å². The van der Waals surface area contributed by atoms with Crippen LogP contribution in [0, 0.1) is 22.7 Å². The summed E-state index contributed by atoms with van der Waals surface area (Å²) >= 11 is 0. The smallest absolute Gasteiger partial charge is 0.185 e. The molecule has 0 bridgehead atoms. The van der Waals surface area contributed by atoms with Gasteiger partial charge in [0.05, 0.1) is 13.2 Å². The minimum Gasteiger partial charge on any atom is -0.380 e. The van der Waals surface area contributed by atoms with Gasteiger partial charge < -0.3 is 4.74 Å². The van der Waals surface area contributed by atoms with Gasteiger partial charge in [-0.1, -0.05) is 142 Å². The van der Waals surface area contributed by atoms with Crippen LogP contribution in [-0.4, -0.2) is 24.6 Å². The van der Waals surface area contributed by atoms with E-state index in [1.807, 2.05) is 0 Å². The Kier molecular flexibility index (Phi) is 15.2. The van der Waals surface area contributed by atoms with Crippen molar-refractivity contribution in [3.8, 4) is 0 Å². The van der Waals surface area contributed by atoms with E-state index in [4.69, 9.17) is 4.74 Å². The number of allylic oxidation sites excluding steroid dienone is 4. The van der Waals surface area contributed by atoms with E-state index in [1.165, 1.54) is 75.7 Å². The molecule has 0 heterocycles. The number of unbranched alkanes of at least 4 members (excludes halogenated alkanes) is 10. The fraction of sp³-hybridized carbons (Fsp3) is 0.810. The van der Waals surface area contributed by atoms with Gasteiger partial charge >= 0.3 is 0 Å². The maximum absolute atomic E-state index is 16.7. The van der Waals surface area contributed by atoms with Crippen molar-refractivity contribution in [2.45, 2.75) is 179 Å². The van der Waals surface area contributed by atoms with Crippen molar-refractivity contribution < 1.29 is 22.3 Å². The van der Waals surface area contributed by atoms with Crippen LogP contribution < -0.4 is 0 Å². The van der Waals surface area contributed by atoms with Crippen LogP contribution in [0.15, 0.2) is 48.1 Å². The highest BCUT2D eigenvalue weighted by molar-refractivity contribution is 5.34. The van der Waals surface area contributed by atoms with Gasteiger partial charge in [0.1, 0.15) is 11.7 Å². The van der Waals surface area contributed by atoms with E-state index in [0.717, 1.165) is 103 Å². The minimum absolute atomic E-state index is 0.187. The summed E-state index contributed by atoms with van der Waals surface area (Å²) in [5, 5.41) is 0. The fourth-order valence-electron chi connectivity index (χ4n) is 9.34. The van der Waals surface area contributed by atoms with Crippen LogP contribution in [0.3, 0.4) is 0 Å². The molecule has 0 N–H and O–H groups in total. The molecule has 47 heavy (non-hydrogen) atoms. The van der Waals surface area contributed by atoms with E-state index in [1.54, 1.807) is 12.2 Å². The number of halogens is 4. The number of rotatable bonds is 20. The molecular formula is C42H66F4O. The molecule has 0 radical (unpaired) electrons. The van der Waals surface area contributed by atoms with Crippen molar-refractivity contribution in [2.24, 2.45) is 22.7 Å². The molecule has 0 saturated heterocycles. The maximum Gasteiger partial charge on any atom is 0.185 e. The third-order valence-electron chi connectivity index (χ3n) is 12.4. The van der Waals surface area contributed by atoms with Gasteiger partial charge in [-0.05, 0) is 62.8 Å². The second-order valence-electron chi connectivity index (χ2n) is 15.8. The molecule has 4 aliphatic rings. The predicted molar refractivity (Wildman–Crippen MR) is 189 cm³/mol. The van der Waals surface area contributed by atoms with Crippen molar-refractivity contribution in [2.75, 3.05) is 13.2 Å². The minimum atomic E-state index is -2.06. The number of alkyl halides is 2. The largest absolute Gasteiger partial charge is 0.380 e. The average Bonchev–Trinajstić information content (AvgIpc) is 3.08. The van der Waals surface area contributed by atoms with Gasteiger partial charge in [0, 0.05) is 22.7 Å². The summed E-state index contributed by atoms with van der Waals surface area (Å²) < 4.78 is 70.9. The highest BCUT2D eigenvalue weighted by atomic mass is 19.2. The van der Waals surface area contributed by atoms with Crippen LogP contribution in [0.2, 0.25) is 0 Å². The number of ether oxygens (including phenoxy) is 1. The molecule has 0 spiro atoms. The first-order valence-electron chi connectivity index (χ1n) is 19.8. The Hall–Kier alpha value is -1.36. The van der Waals surface area contributed by atoms with Crippen LogP contribution in [0.4, 0.5) is 17.6 Å². The fourth-order valence-corrected chi connectivity index (χ4v) is 9.34. The topological polar surface area (TPSA) is 9.23 Å². The van der Waals surface area contributed by atoms with Gasteiger partial charge in [-0.25, -0.2) is 17.6 Å². The summed E-state index contributed by atoms with van der Waals surface area (Å²) in [6.07, 6.45) is 33.4. The number of hydrogen-bond acceptors (Lipinski definition) is 1. The Balaban J connectivity index is 1.30. The van der Waals surface area contributed by atoms with Crippen molar-refractivity contribution in [3.05, 3.63) is 48.1 Å².